The number of hydrogen-bond acceptors (Lipinski definition) is 2. The lowest BCUT2D eigenvalue weighted by Gasteiger charge is -2.14. The molecule has 1 aromatic heterocycles. The maximum Gasteiger partial charge on any atom is 0.0644 e. The van der Waals surface area contributed by atoms with Crippen LogP contribution >= 0.6 is 0 Å². The molecule has 1 aliphatic rings. The molecule has 1 unspecified atom stereocenters. The van der Waals surface area contributed by atoms with E-state index in [4.69, 9.17) is 5.10 Å². The Labute approximate surface area is 111 Å². The zero-order chi connectivity index (χ0) is 13.1. The SMILES string of the molecule is CCNC(C)c1c(C)nn(CC2CCCC2)c1C. The monoisotopic (exact) mass is 249 g/mol. The molecule has 0 bridgehead atoms. The summed E-state index contributed by atoms with van der Waals surface area (Å²) in [5, 5.41) is 8.25. The predicted molar refractivity (Wildman–Crippen MR) is 75.8 cm³/mol. The first-order valence-electron chi connectivity index (χ1n) is 7.40. The van der Waals surface area contributed by atoms with Crippen molar-refractivity contribution in [1.29, 1.82) is 0 Å². The summed E-state index contributed by atoms with van der Waals surface area (Å²) in [5.74, 6) is 0.852. The molecule has 18 heavy (non-hydrogen) atoms. The van der Waals surface area contributed by atoms with Gasteiger partial charge in [0, 0.05) is 23.8 Å². The van der Waals surface area contributed by atoms with Gasteiger partial charge in [-0.3, -0.25) is 4.68 Å². The van der Waals surface area contributed by atoms with E-state index in [9.17, 15) is 0 Å². The van der Waals surface area contributed by atoms with Crippen molar-refractivity contribution >= 4 is 0 Å². The molecule has 3 heteroatoms. The highest BCUT2D eigenvalue weighted by atomic mass is 15.3. The number of aryl methyl sites for hydroxylation is 1. The molecule has 1 heterocycles. The van der Waals surface area contributed by atoms with E-state index < -0.39 is 0 Å². The normalized spacial score (nSPS) is 18.4. The van der Waals surface area contributed by atoms with Crippen LogP contribution in [-0.2, 0) is 6.54 Å². The van der Waals surface area contributed by atoms with Crippen molar-refractivity contribution in [2.24, 2.45) is 5.92 Å². The molecule has 0 saturated heterocycles. The van der Waals surface area contributed by atoms with Crippen molar-refractivity contribution in [3.63, 3.8) is 0 Å². The molecule has 3 nitrogen and oxygen atoms in total. The van der Waals surface area contributed by atoms with Crippen LogP contribution in [0.2, 0.25) is 0 Å². The summed E-state index contributed by atoms with van der Waals surface area (Å²) in [6.07, 6.45) is 5.59. The lowest BCUT2D eigenvalue weighted by molar-refractivity contribution is 0.421. The molecule has 0 amide bonds. The van der Waals surface area contributed by atoms with Gasteiger partial charge in [0.2, 0.25) is 0 Å². The third-order valence-electron chi connectivity index (χ3n) is 4.29. The molecule has 1 N–H and O–H groups in total. The first kappa shape index (κ1) is 13.6. The van der Waals surface area contributed by atoms with Gasteiger partial charge >= 0.3 is 0 Å². The average Bonchev–Trinajstić information content (AvgIpc) is 2.89. The Kier molecular flexibility index (Phi) is 4.44. The lowest BCUT2D eigenvalue weighted by atomic mass is 10.1. The van der Waals surface area contributed by atoms with Crippen molar-refractivity contribution < 1.29 is 0 Å². The minimum absolute atomic E-state index is 0.410. The first-order chi connectivity index (χ1) is 8.63. The highest BCUT2D eigenvalue weighted by Gasteiger charge is 2.20. The van der Waals surface area contributed by atoms with Crippen molar-refractivity contribution in [1.82, 2.24) is 15.1 Å². The quantitative estimate of drug-likeness (QED) is 0.867. The molecule has 0 radical (unpaired) electrons. The molecule has 1 aliphatic carbocycles. The number of aromatic nitrogens is 2. The third kappa shape index (κ3) is 2.77. The van der Waals surface area contributed by atoms with Gasteiger partial charge in [-0.1, -0.05) is 19.8 Å². The summed E-state index contributed by atoms with van der Waals surface area (Å²) in [6, 6.07) is 0.410. The molecule has 1 aromatic rings. The summed E-state index contributed by atoms with van der Waals surface area (Å²) in [5.41, 5.74) is 3.95. The van der Waals surface area contributed by atoms with Crippen LogP contribution in [0.5, 0.6) is 0 Å². The Morgan fingerprint density at radius 3 is 2.61 bits per heavy atom. The summed E-state index contributed by atoms with van der Waals surface area (Å²) in [4.78, 5) is 0. The fourth-order valence-corrected chi connectivity index (χ4v) is 3.36. The highest BCUT2D eigenvalue weighted by molar-refractivity contribution is 5.27. The van der Waals surface area contributed by atoms with Crippen molar-refractivity contribution in [2.75, 3.05) is 6.54 Å². The predicted octanol–water partition coefficient (Wildman–Crippen LogP) is 3.36. The molecule has 1 atom stereocenters. The second kappa shape index (κ2) is 5.87. The largest absolute Gasteiger partial charge is 0.310 e. The second-order valence-corrected chi connectivity index (χ2v) is 5.70. The number of hydrogen-bond donors (Lipinski definition) is 1. The molecular formula is C15H27N3. The summed E-state index contributed by atoms with van der Waals surface area (Å²) < 4.78 is 2.24. The van der Waals surface area contributed by atoms with Gasteiger partial charge in [-0.2, -0.15) is 5.10 Å². The Morgan fingerprint density at radius 2 is 2.00 bits per heavy atom. The van der Waals surface area contributed by atoms with E-state index in [-0.39, 0.29) is 0 Å². The smallest absolute Gasteiger partial charge is 0.0644 e. The number of rotatable bonds is 5. The van der Waals surface area contributed by atoms with E-state index in [1.54, 1.807) is 0 Å². The molecule has 0 aromatic carbocycles. The van der Waals surface area contributed by atoms with E-state index in [1.807, 2.05) is 0 Å². The molecule has 102 valence electrons. The minimum Gasteiger partial charge on any atom is -0.310 e. The van der Waals surface area contributed by atoms with Crippen molar-refractivity contribution in [3.8, 4) is 0 Å². The Morgan fingerprint density at radius 1 is 1.33 bits per heavy atom. The van der Waals surface area contributed by atoms with Gasteiger partial charge in [0.1, 0.15) is 0 Å². The van der Waals surface area contributed by atoms with Gasteiger partial charge in [-0.25, -0.2) is 0 Å². The van der Waals surface area contributed by atoms with Gasteiger partial charge in [0.05, 0.1) is 5.69 Å². The van der Waals surface area contributed by atoms with E-state index in [0.717, 1.165) is 19.0 Å². The Balaban J connectivity index is 2.14. The van der Waals surface area contributed by atoms with Crippen LogP contribution in [0, 0.1) is 19.8 Å². The molecular weight excluding hydrogens is 222 g/mol. The van der Waals surface area contributed by atoms with Crippen LogP contribution in [0.15, 0.2) is 0 Å². The summed E-state index contributed by atoms with van der Waals surface area (Å²) in [7, 11) is 0. The third-order valence-corrected chi connectivity index (χ3v) is 4.29. The molecule has 0 spiro atoms. The van der Waals surface area contributed by atoms with Crippen LogP contribution in [0.3, 0.4) is 0 Å². The van der Waals surface area contributed by atoms with Crippen molar-refractivity contribution in [2.45, 2.75) is 66.0 Å². The van der Waals surface area contributed by atoms with Crippen LogP contribution < -0.4 is 5.32 Å². The minimum atomic E-state index is 0.410. The highest BCUT2D eigenvalue weighted by Crippen LogP contribution is 2.28. The van der Waals surface area contributed by atoms with E-state index in [1.165, 1.54) is 42.6 Å². The number of nitrogens with one attached hydrogen (secondary N) is 1. The van der Waals surface area contributed by atoms with E-state index in [2.05, 4.69) is 37.7 Å². The van der Waals surface area contributed by atoms with Crippen LogP contribution in [0.4, 0.5) is 0 Å². The second-order valence-electron chi connectivity index (χ2n) is 5.70. The van der Waals surface area contributed by atoms with Gasteiger partial charge in [0.15, 0.2) is 0 Å². The fraction of sp³-hybridized carbons (Fsp3) is 0.800. The molecule has 2 rings (SSSR count). The van der Waals surface area contributed by atoms with Crippen LogP contribution in [0.25, 0.3) is 0 Å². The number of nitrogens with zero attached hydrogens (tertiary/aromatic N) is 2. The topological polar surface area (TPSA) is 29.9 Å². The van der Waals surface area contributed by atoms with Gasteiger partial charge < -0.3 is 5.32 Å². The maximum atomic E-state index is 4.75. The Hall–Kier alpha value is -0.830. The van der Waals surface area contributed by atoms with E-state index in [0.29, 0.717) is 6.04 Å². The first-order valence-corrected chi connectivity index (χ1v) is 7.40. The van der Waals surface area contributed by atoms with Gasteiger partial charge in [-0.15, -0.1) is 0 Å². The zero-order valence-electron chi connectivity index (χ0n) is 12.3. The Bertz CT molecular complexity index is 389. The zero-order valence-corrected chi connectivity index (χ0v) is 12.3. The summed E-state index contributed by atoms with van der Waals surface area (Å²) in [6.45, 7) is 10.9. The standard InChI is InChI=1S/C15H27N3/c1-5-16-11(2)15-12(3)17-18(13(15)4)10-14-8-6-7-9-14/h11,14,16H,5-10H2,1-4H3. The fourth-order valence-electron chi connectivity index (χ4n) is 3.36. The van der Waals surface area contributed by atoms with Crippen molar-refractivity contribution in [3.05, 3.63) is 17.0 Å². The summed E-state index contributed by atoms with van der Waals surface area (Å²) >= 11 is 0. The van der Waals surface area contributed by atoms with Gasteiger partial charge in [0.25, 0.3) is 0 Å². The molecule has 1 saturated carbocycles. The van der Waals surface area contributed by atoms with Gasteiger partial charge in [-0.05, 0) is 46.1 Å². The van der Waals surface area contributed by atoms with E-state index >= 15 is 0 Å². The lowest BCUT2D eigenvalue weighted by Crippen LogP contribution is -2.19. The van der Waals surface area contributed by atoms with Crippen LogP contribution in [0.1, 0.15) is 62.5 Å². The maximum absolute atomic E-state index is 4.75. The van der Waals surface area contributed by atoms with Crippen LogP contribution in [-0.4, -0.2) is 16.3 Å². The molecule has 0 aliphatic heterocycles. The average molecular weight is 249 g/mol. The molecule has 1 fully saturated rings.